The van der Waals surface area contributed by atoms with E-state index in [1.807, 2.05) is 36.4 Å². The third kappa shape index (κ3) is 3.84. The quantitative estimate of drug-likeness (QED) is 0.934. The minimum absolute atomic E-state index is 0.244. The monoisotopic (exact) mass is 311 g/mol. The Kier molecular flexibility index (Phi) is 4.83. The number of piperazine rings is 1. The molecule has 2 aromatic rings. The van der Waals surface area contributed by atoms with Crippen molar-refractivity contribution in [3.8, 4) is 0 Å². The van der Waals surface area contributed by atoms with Crippen LogP contribution in [0.1, 0.15) is 17.4 Å². The number of benzene rings is 1. The fourth-order valence-corrected chi connectivity index (χ4v) is 2.62. The molecule has 23 heavy (non-hydrogen) atoms. The molecule has 0 atom stereocenters. The van der Waals surface area contributed by atoms with E-state index in [0.717, 1.165) is 44.2 Å². The van der Waals surface area contributed by atoms with Crippen LogP contribution in [0.2, 0.25) is 0 Å². The van der Waals surface area contributed by atoms with Gasteiger partial charge in [-0.1, -0.05) is 25.1 Å². The van der Waals surface area contributed by atoms with Gasteiger partial charge in [-0.15, -0.1) is 10.2 Å². The summed E-state index contributed by atoms with van der Waals surface area (Å²) >= 11 is 0. The Morgan fingerprint density at radius 2 is 1.78 bits per heavy atom. The molecule has 0 aliphatic carbocycles. The summed E-state index contributed by atoms with van der Waals surface area (Å²) in [5, 5.41) is 11.1. The summed E-state index contributed by atoms with van der Waals surface area (Å²) in [4.78, 5) is 16.8. The van der Waals surface area contributed by atoms with Gasteiger partial charge in [-0.05, 0) is 30.8 Å². The number of likely N-dealkylation sites (N-methyl/N-ethyl adjacent to an activating group) is 1. The van der Waals surface area contributed by atoms with E-state index < -0.39 is 0 Å². The minimum atomic E-state index is -0.244. The molecule has 2 heterocycles. The lowest BCUT2D eigenvalue weighted by Gasteiger charge is -2.34. The molecule has 1 saturated heterocycles. The van der Waals surface area contributed by atoms with E-state index in [2.05, 4.69) is 32.2 Å². The number of para-hydroxylation sites is 1. The summed E-state index contributed by atoms with van der Waals surface area (Å²) in [7, 11) is 0. The summed E-state index contributed by atoms with van der Waals surface area (Å²) in [6.45, 7) is 7.22. The molecule has 0 radical (unpaired) electrons. The van der Waals surface area contributed by atoms with Gasteiger partial charge in [0.1, 0.15) is 0 Å². The first-order chi connectivity index (χ1) is 11.3. The summed E-state index contributed by atoms with van der Waals surface area (Å²) < 4.78 is 0. The first kappa shape index (κ1) is 15.4. The molecule has 0 unspecified atom stereocenters. The van der Waals surface area contributed by atoms with Crippen LogP contribution in [-0.4, -0.2) is 53.7 Å². The number of carbonyl (C=O) groups is 1. The highest BCUT2D eigenvalue weighted by Crippen LogP contribution is 2.13. The number of rotatable bonds is 4. The number of amides is 1. The van der Waals surface area contributed by atoms with Crippen LogP contribution >= 0.6 is 0 Å². The van der Waals surface area contributed by atoms with Gasteiger partial charge in [0.2, 0.25) is 0 Å². The molecule has 120 valence electrons. The standard InChI is InChI=1S/C17H21N5O/c1-2-21-10-12-22(13-11-21)16-9-8-15(19-20-16)17(23)18-14-6-4-3-5-7-14/h3-9H,2,10-13H2,1H3,(H,18,23). The van der Waals surface area contributed by atoms with Crippen molar-refractivity contribution in [1.29, 1.82) is 0 Å². The lowest BCUT2D eigenvalue weighted by Crippen LogP contribution is -2.46. The highest BCUT2D eigenvalue weighted by Gasteiger charge is 2.17. The first-order valence-corrected chi connectivity index (χ1v) is 7.93. The zero-order valence-electron chi connectivity index (χ0n) is 13.3. The second-order valence-corrected chi connectivity index (χ2v) is 5.52. The van der Waals surface area contributed by atoms with E-state index >= 15 is 0 Å². The average Bonchev–Trinajstić information content (AvgIpc) is 2.63. The zero-order valence-corrected chi connectivity index (χ0v) is 13.3. The van der Waals surface area contributed by atoms with Gasteiger partial charge in [-0.3, -0.25) is 4.79 Å². The fraction of sp³-hybridized carbons (Fsp3) is 0.353. The Morgan fingerprint density at radius 3 is 2.39 bits per heavy atom. The molecule has 0 saturated carbocycles. The number of hydrogen-bond donors (Lipinski definition) is 1. The molecule has 1 aliphatic heterocycles. The maximum atomic E-state index is 12.1. The number of anilines is 2. The number of carbonyl (C=O) groups excluding carboxylic acids is 1. The van der Waals surface area contributed by atoms with Gasteiger partial charge in [0, 0.05) is 31.9 Å². The summed E-state index contributed by atoms with van der Waals surface area (Å²) in [6, 6.07) is 12.9. The molecule has 1 aromatic carbocycles. The van der Waals surface area contributed by atoms with E-state index in [9.17, 15) is 4.79 Å². The van der Waals surface area contributed by atoms with E-state index in [1.165, 1.54) is 0 Å². The van der Waals surface area contributed by atoms with Crippen molar-refractivity contribution in [3.05, 3.63) is 48.2 Å². The lowest BCUT2D eigenvalue weighted by atomic mass is 10.3. The van der Waals surface area contributed by atoms with E-state index in [-0.39, 0.29) is 5.91 Å². The Balaban J connectivity index is 1.62. The molecular weight excluding hydrogens is 290 g/mol. The molecular formula is C17H21N5O. The van der Waals surface area contributed by atoms with Crippen molar-refractivity contribution in [2.75, 3.05) is 42.9 Å². The van der Waals surface area contributed by atoms with Crippen LogP contribution in [0.5, 0.6) is 0 Å². The average molecular weight is 311 g/mol. The Labute approximate surface area is 136 Å². The summed E-state index contributed by atoms with van der Waals surface area (Å²) in [5.74, 6) is 0.586. The SMILES string of the molecule is CCN1CCN(c2ccc(C(=O)Nc3ccccc3)nn2)CC1. The summed E-state index contributed by atoms with van der Waals surface area (Å²) in [5.41, 5.74) is 1.07. The van der Waals surface area contributed by atoms with Crippen LogP contribution in [0.4, 0.5) is 11.5 Å². The van der Waals surface area contributed by atoms with Gasteiger partial charge in [0.05, 0.1) is 0 Å². The van der Waals surface area contributed by atoms with Crippen LogP contribution in [0.15, 0.2) is 42.5 Å². The van der Waals surface area contributed by atoms with Gasteiger partial charge in [0.25, 0.3) is 5.91 Å². The van der Waals surface area contributed by atoms with Crippen molar-refractivity contribution in [1.82, 2.24) is 15.1 Å². The highest BCUT2D eigenvalue weighted by atomic mass is 16.1. The number of hydrogen-bond acceptors (Lipinski definition) is 5. The molecule has 0 bridgehead atoms. The van der Waals surface area contributed by atoms with E-state index in [4.69, 9.17) is 0 Å². The van der Waals surface area contributed by atoms with E-state index in [1.54, 1.807) is 6.07 Å². The molecule has 1 N–H and O–H groups in total. The minimum Gasteiger partial charge on any atom is -0.353 e. The zero-order chi connectivity index (χ0) is 16.1. The molecule has 0 spiro atoms. The van der Waals surface area contributed by atoms with Gasteiger partial charge in [-0.25, -0.2) is 0 Å². The molecule has 3 rings (SSSR count). The first-order valence-electron chi connectivity index (χ1n) is 7.93. The molecule has 1 fully saturated rings. The lowest BCUT2D eigenvalue weighted by molar-refractivity contribution is 0.102. The largest absolute Gasteiger partial charge is 0.353 e. The fourth-order valence-electron chi connectivity index (χ4n) is 2.62. The summed E-state index contributed by atoms with van der Waals surface area (Å²) in [6.07, 6.45) is 0. The van der Waals surface area contributed by atoms with Crippen molar-refractivity contribution >= 4 is 17.4 Å². The Morgan fingerprint density at radius 1 is 1.04 bits per heavy atom. The Hall–Kier alpha value is -2.47. The van der Waals surface area contributed by atoms with Crippen LogP contribution in [-0.2, 0) is 0 Å². The number of nitrogens with one attached hydrogen (secondary N) is 1. The number of nitrogens with zero attached hydrogens (tertiary/aromatic N) is 4. The molecule has 1 amide bonds. The Bertz CT molecular complexity index is 636. The van der Waals surface area contributed by atoms with E-state index in [0.29, 0.717) is 5.69 Å². The van der Waals surface area contributed by atoms with Crippen molar-refractivity contribution in [2.24, 2.45) is 0 Å². The van der Waals surface area contributed by atoms with Crippen molar-refractivity contribution in [3.63, 3.8) is 0 Å². The predicted octanol–water partition coefficient (Wildman–Crippen LogP) is 1.87. The molecule has 1 aliphatic rings. The predicted molar refractivity (Wildman–Crippen MR) is 90.8 cm³/mol. The molecule has 1 aromatic heterocycles. The maximum absolute atomic E-state index is 12.1. The highest BCUT2D eigenvalue weighted by molar-refractivity contribution is 6.02. The molecule has 6 heteroatoms. The van der Waals surface area contributed by atoms with Crippen LogP contribution in [0.3, 0.4) is 0 Å². The normalized spacial score (nSPS) is 15.4. The molecule has 6 nitrogen and oxygen atoms in total. The smallest absolute Gasteiger partial charge is 0.276 e. The maximum Gasteiger partial charge on any atom is 0.276 e. The third-order valence-electron chi connectivity index (χ3n) is 4.06. The van der Waals surface area contributed by atoms with Gasteiger partial charge in [-0.2, -0.15) is 0 Å². The van der Waals surface area contributed by atoms with Crippen molar-refractivity contribution < 1.29 is 4.79 Å². The van der Waals surface area contributed by atoms with Crippen LogP contribution < -0.4 is 10.2 Å². The number of aromatic nitrogens is 2. The van der Waals surface area contributed by atoms with Gasteiger partial charge in [0.15, 0.2) is 11.5 Å². The van der Waals surface area contributed by atoms with Crippen LogP contribution in [0.25, 0.3) is 0 Å². The third-order valence-corrected chi connectivity index (χ3v) is 4.06. The van der Waals surface area contributed by atoms with Crippen molar-refractivity contribution in [2.45, 2.75) is 6.92 Å². The van der Waals surface area contributed by atoms with Gasteiger partial charge >= 0.3 is 0 Å². The topological polar surface area (TPSA) is 61.4 Å². The van der Waals surface area contributed by atoms with Crippen LogP contribution in [0, 0.1) is 0 Å². The second kappa shape index (κ2) is 7.19. The van der Waals surface area contributed by atoms with Gasteiger partial charge < -0.3 is 15.1 Å². The second-order valence-electron chi connectivity index (χ2n) is 5.52.